The van der Waals surface area contributed by atoms with Gasteiger partial charge in [-0.3, -0.25) is 15.2 Å². The number of nitrogens with zero attached hydrogens (tertiary/aromatic N) is 3. The summed E-state index contributed by atoms with van der Waals surface area (Å²) in [5, 5.41) is 27.4. The predicted octanol–water partition coefficient (Wildman–Crippen LogP) is 3.81. The lowest BCUT2D eigenvalue weighted by molar-refractivity contribution is -0.137. The number of hydrogen-bond donors (Lipinski definition) is 3. The monoisotopic (exact) mass is 443 g/mol. The minimum Gasteiger partial charge on any atom is -0.478 e. The number of nitrogens with two attached hydrogens (primary N) is 1. The van der Waals surface area contributed by atoms with Crippen LogP contribution in [0.4, 0.5) is 23.7 Å². The van der Waals surface area contributed by atoms with Gasteiger partial charge in [0.2, 0.25) is 5.96 Å². The van der Waals surface area contributed by atoms with Gasteiger partial charge in [0.15, 0.2) is 0 Å². The number of carbonyl (C=O) groups excluding carboxylic acids is 1. The molecular formula is C21H16F3N5O3. The summed E-state index contributed by atoms with van der Waals surface area (Å²) in [6.07, 6.45) is -4.67. The third-order valence-electron chi connectivity index (χ3n) is 4.95. The number of alkyl halides is 3. The van der Waals surface area contributed by atoms with Crippen molar-refractivity contribution in [2.75, 3.05) is 4.90 Å². The van der Waals surface area contributed by atoms with Gasteiger partial charge in [-0.1, -0.05) is 18.2 Å². The van der Waals surface area contributed by atoms with Crippen LogP contribution in [0.1, 0.15) is 29.7 Å². The van der Waals surface area contributed by atoms with Crippen LogP contribution in [-0.2, 0) is 11.0 Å². The van der Waals surface area contributed by atoms with E-state index in [0.29, 0.717) is 4.90 Å². The van der Waals surface area contributed by atoms with E-state index < -0.39 is 35.7 Å². The van der Waals surface area contributed by atoms with Gasteiger partial charge in [0.1, 0.15) is 6.04 Å². The van der Waals surface area contributed by atoms with Crippen LogP contribution in [0.25, 0.3) is 0 Å². The Hall–Kier alpha value is -4.33. The second kappa shape index (κ2) is 8.07. The second-order valence-corrected chi connectivity index (χ2v) is 6.86. The number of guanidine groups is 1. The topological polar surface area (TPSA) is 135 Å². The zero-order valence-corrected chi connectivity index (χ0v) is 16.5. The van der Waals surface area contributed by atoms with Crippen LogP contribution >= 0.6 is 0 Å². The maximum atomic E-state index is 13.2. The van der Waals surface area contributed by atoms with Gasteiger partial charge in [-0.05, 0) is 42.8 Å². The molecule has 0 fully saturated rings. The van der Waals surface area contributed by atoms with Crippen LogP contribution in [-0.4, -0.2) is 28.0 Å². The first-order chi connectivity index (χ1) is 15.0. The van der Waals surface area contributed by atoms with E-state index in [1.165, 1.54) is 37.3 Å². The predicted molar refractivity (Wildman–Crippen MR) is 107 cm³/mol. The summed E-state index contributed by atoms with van der Waals surface area (Å²) in [7, 11) is 0. The molecule has 3 rings (SSSR count). The molecule has 2 amide bonds. The third-order valence-corrected chi connectivity index (χ3v) is 4.95. The van der Waals surface area contributed by atoms with Crippen molar-refractivity contribution in [2.24, 2.45) is 5.73 Å². The van der Waals surface area contributed by atoms with Crippen LogP contribution in [0.3, 0.4) is 0 Å². The molecule has 0 aliphatic carbocycles. The van der Waals surface area contributed by atoms with Crippen molar-refractivity contribution in [1.82, 2.24) is 4.90 Å². The Bertz CT molecular complexity index is 1180. The summed E-state index contributed by atoms with van der Waals surface area (Å²) in [5.41, 5.74) is 4.41. The lowest BCUT2D eigenvalue weighted by atomic mass is 9.92. The van der Waals surface area contributed by atoms with E-state index in [4.69, 9.17) is 16.4 Å². The number of carboxylic acids is 1. The van der Waals surface area contributed by atoms with Crippen molar-refractivity contribution in [3.63, 3.8) is 0 Å². The number of hydrogen-bond acceptors (Lipinski definition) is 4. The molecule has 8 nitrogen and oxygen atoms in total. The molecule has 164 valence electrons. The summed E-state index contributed by atoms with van der Waals surface area (Å²) in [6, 6.07) is 9.02. The first kappa shape index (κ1) is 22.4. The van der Waals surface area contributed by atoms with Crippen molar-refractivity contribution >= 4 is 23.6 Å². The van der Waals surface area contributed by atoms with Crippen LogP contribution in [0.5, 0.6) is 0 Å². The van der Waals surface area contributed by atoms with Crippen LogP contribution in [0, 0.1) is 16.7 Å². The Morgan fingerprint density at radius 3 is 2.31 bits per heavy atom. The third kappa shape index (κ3) is 3.85. The zero-order chi connectivity index (χ0) is 23.8. The number of carbonyl (C=O) groups is 2. The fraction of sp³-hybridized carbons (Fsp3) is 0.143. The van der Waals surface area contributed by atoms with Gasteiger partial charge in [-0.2, -0.15) is 18.4 Å². The van der Waals surface area contributed by atoms with Gasteiger partial charge in [0, 0.05) is 11.4 Å². The quantitative estimate of drug-likeness (QED) is 0.663. The summed E-state index contributed by atoms with van der Waals surface area (Å²) >= 11 is 0. The maximum absolute atomic E-state index is 13.2. The van der Waals surface area contributed by atoms with Gasteiger partial charge in [-0.15, -0.1) is 0 Å². The molecule has 1 atom stereocenters. The summed E-state index contributed by atoms with van der Waals surface area (Å²) in [4.78, 5) is 26.1. The Morgan fingerprint density at radius 1 is 1.19 bits per heavy atom. The van der Waals surface area contributed by atoms with Crippen LogP contribution in [0.15, 0.2) is 59.8 Å². The number of allylic oxidation sites excluding steroid dienone is 1. The minimum atomic E-state index is -4.67. The maximum Gasteiger partial charge on any atom is 0.416 e. The van der Waals surface area contributed by atoms with Crippen molar-refractivity contribution in [3.8, 4) is 6.07 Å². The van der Waals surface area contributed by atoms with Gasteiger partial charge >= 0.3 is 18.2 Å². The number of carboxylic acid groups (broad SMARTS) is 1. The number of halogens is 3. The van der Waals surface area contributed by atoms with Gasteiger partial charge in [0.05, 0.1) is 22.8 Å². The van der Waals surface area contributed by atoms with E-state index in [2.05, 4.69) is 0 Å². The smallest absolute Gasteiger partial charge is 0.416 e. The van der Waals surface area contributed by atoms with Crippen molar-refractivity contribution in [3.05, 3.63) is 76.5 Å². The first-order valence-electron chi connectivity index (χ1n) is 9.06. The Balaban J connectivity index is 2.26. The standard InChI is InChI=1S/C21H16F3N5O3/c1-11-16(18(30)31)17(13-7-5-12(10-25)6-8-13)29(20(27)32)19(26)28(11)15-4-2-3-14(9-15)21(22,23)24/h2-9,17,26H,1H3,(H2,27,32)(H,30,31). The molecule has 1 unspecified atom stereocenters. The highest BCUT2D eigenvalue weighted by atomic mass is 19.4. The van der Waals surface area contributed by atoms with Crippen LogP contribution < -0.4 is 10.6 Å². The highest BCUT2D eigenvalue weighted by Gasteiger charge is 2.43. The molecule has 0 spiro atoms. The molecule has 32 heavy (non-hydrogen) atoms. The Kier molecular flexibility index (Phi) is 5.64. The summed E-state index contributed by atoms with van der Waals surface area (Å²) < 4.78 is 39.6. The molecule has 0 saturated heterocycles. The van der Waals surface area contributed by atoms with Gasteiger partial charge < -0.3 is 10.8 Å². The molecule has 1 heterocycles. The summed E-state index contributed by atoms with van der Waals surface area (Å²) in [5.74, 6) is -2.07. The van der Waals surface area contributed by atoms with Crippen molar-refractivity contribution < 1.29 is 27.9 Å². The lowest BCUT2D eigenvalue weighted by Gasteiger charge is -2.42. The average molecular weight is 443 g/mol. The number of primary amides is 1. The highest BCUT2D eigenvalue weighted by Crippen LogP contribution is 2.40. The molecule has 0 saturated carbocycles. The molecular weight excluding hydrogens is 427 g/mol. The number of nitrogens with one attached hydrogen (secondary N) is 1. The molecule has 0 radical (unpaired) electrons. The second-order valence-electron chi connectivity index (χ2n) is 6.86. The molecule has 0 aromatic heterocycles. The molecule has 1 aliphatic rings. The number of rotatable bonds is 3. The molecule has 0 bridgehead atoms. The number of nitriles is 1. The van der Waals surface area contributed by atoms with Gasteiger partial charge in [-0.25, -0.2) is 9.59 Å². The van der Waals surface area contributed by atoms with E-state index in [0.717, 1.165) is 23.1 Å². The fourth-order valence-electron chi connectivity index (χ4n) is 3.53. The number of benzene rings is 2. The number of amides is 2. The lowest BCUT2D eigenvalue weighted by Crippen LogP contribution is -2.55. The van der Waals surface area contributed by atoms with E-state index in [1.54, 1.807) is 0 Å². The highest BCUT2D eigenvalue weighted by molar-refractivity contribution is 6.10. The fourth-order valence-corrected chi connectivity index (χ4v) is 3.53. The molecule has 2 aromatic rings. The zero-order valence-electron chi connectivity index (χ0n) is 16.5. The molecule has 11 heteroatoms. The van der Waals surface area contributed by atoms with E-state index in [9.17, 15) is 27.9 Å². The molecule has 4 N–H and O–H groups in total. The average Bonchev–Trinajstić information content (AvgIpc) is 2.72. The number of urea groups is 1. The Labute approximate surface area is 180 Å². The molecule has 2 aromatic carbocycles. The Morgan fingerprint density at radius 2 is 1.81 bits per heavy atom. The number of aliphatic carboxylic acids is 1. The SMILES string of the molecule is CC1=C(C(=O)O)C(c2ccc(C#N)cc2)N(C(N)=O)C(=N)N1c1cccc(C(F)(F)F)c1. The van der Waals surface area contributed by atoms with Crippen molar-refractivity contribution in [2.45, 2.75) is 19.1 Å². The van der Waals surface area contributed by atoms with Gasteiger partial charge in [0.25, 0.3) is 0 Å². The largest absolute Gasteiger partial charge is 0.478 e. The normalized spacial score (nSPS) is 16.7. The number of anilines is 1. The van der Waals surface area contributed by atoms with Crippen LogP contribution in [0.2, 0.25) is 0 Å². The summed E-state index contributed by atoms with van der Waals surface area (Å²) in [6.45, 7) is 1.33. The molecule has 1 aliphatic heterocycles. The first-order valence-corrected chi connectivity index (χ1v) is 9.06. The minimum absolute atomic E-state index is 0.0614. The van der Waals surface area contributed by atoms with Crippen molar-refractivity contribution in [1.29, 1.82) is 10.7 Å². The van der Waals surface area contributed by atoms with E-state index >= 15 is 0 Å². The van der Waals surface area contributed by atoms with E-state index in [-0.39, 0.29) is 28.1 Å². The van der Waals surface area contributed by atoms with E-state index in [1.807, 2.05) is 6.07 Å².